The minimum Gasteiger partial charge on any atom is -0.461 e. The van der Waals surface area contributed by atoms with Crippen molar-refractivity contribution < 1.29 is 27.4 Å². The van der Waals surface area contributed by atoms with Gasteiger partial charge >= 0.3 is 5.97 Å². The number of aliphatic hydroxyl groups excluding tert-OH is 1. The van der Waals surface area contributed by atoms with Gasteiger partial charge in [0.2, 0.25) is 10.0 Å². The fraction of sp³-hybridized carbons (Fsp3) is 0.417. The Bertz CT molecular complexity index is 638. The van der Waals surface area contributed by atoms with E-state index in [0.29, 0.717) is 0 Å². The first-order valence-corrected chi connectivity index (χ1v) is 7.54. The maximum atomic E-state index is 14.2. The number of ether oxygens (including phenoxy) is 1. The Labute approximate surface area is 122 Å². The second kappa shape index (κ2) is 6.83. The highest BCUT2D eigenvalue weighted by atomic mass is 32.2. The van der Waals surface area contributed by atoms with Crippen LogP contribution in [0.25, 0.3) is 0 Å². The van der Waals surface area contributed by atoms with Crippen LogP contribution in [0.15, 0.2) is 23.7 Å². The van der Waals surface area contributed by atoms with Crippen LogP contribution < -0.4 is 4.72 Å². The first-order valence-electron chi connectivity index (χ1n) is 6.06. The topological polar surface area (TPSA) is 97.6 Å². The van der Waals surface area contributed by atoms with E-state index in [1.165, 1.54) is 13.1 Å². The van der Waals surface area contributed by atoms with Gasteiger partial charge in [0.15, 0.2) is 11.5 Å². The summed E-state index contributed by atoms with van der Waals surface area (Å²) in [6.07, 6.45) is 2.13. The Morgan fingerprint density at radius 2 is 2.29 bits per heavy atom. The van der Waals surface area contributed by atoms with Crippen LogP contribution in [0.2, 0.25) is 0 Å². The molecule has 0 saturated carbocycles. The monoisotopic (exact) mass is 320 g/mol. The van der Waals surface area contributed by atoms with E-state index >= 15 is 0 Å². The predicted molar refractivity (Wildman–Crippen MR) is 72.7 cm³/mol. The van der Waals surface area contributed by atoms with Crippen molar-refractivity contribution in [3.63, 3.8) is 0 Å². The number of sulfonamides is 1. The highest BCUT2D eigenvalue weighted by Gasteiger charge is 2.30. The molecule has 2 N–H and O–H groups in total. The van der Waals surface area contributed by atoms with Crippen LogP contribution in [0.4, 0.5) is 4.39 Å². The zero-order chi connectivity index (χ0) is 16.2. The van der Waals surface area contributed by atoms with Crippen LogP contribution in [-0.2, 0) is 21.8 Å². The number of rotatable bonds is 7. The molecule has 0 aliphatic rings. The van der Waals surface area contributed by atoms with E-state index in [1.807, 2.05) is 0 Å². The Hall–Kier alpha value is -1.71. The molecule has 0 spiro atoms. The van der Waals surface area contributed by atoms with Crippen molar-refractivity contribution in [1.29, 1.82) is 0 Å². The number of nitrogens with zero attached hydrogens (tertiary/aromatic N) is 1. The Balaban J connectivity index is 3.23. The van der Waals surface area contributed by atoms with Gasteiger partial charge in [0.1, 0.15) is 4.90 Å². The number of carbonyl (C=O) groups is 1. The van der Waals surface area contributed by atoms with E-state index in [2.05, 4.69) is 16.0 Å². The molecule has 1 atom stereocenters. The molecule has 0 aliphatic heterocycles. The molecule has 9 heteroatoms. The number of aliphatic hydroxyl groups is 1. The molecule has 0 fully saturated rings. The van der Waals surface area contributed by atoms with Crippen molar-refractivity contribution in [2.75, 3.05) is 13.2 Å². The van der Waals surface area contributed by atoms with Gasteiger partial charge in [-0.25, -0.2) is 22.3 Å². The molecular formula is C12H17FN2O5S. The number of aromatic nitrogens is 1. The number of carbonyl (C=O) groups excluding carboxylic acids is 1. The first-order chi connectivity index (χ1) is 9.78. The van der Waals surface area contributed by atoms with E-state index in [1.54, 1.807) is 6.92 Å². The van der Waals surface area contributed by atoms with E-state index in [4.69, 9.17) is 5.11 Å². The summed E-state index contributed by atoms with van der Waals surface area (Å²) in [7, 11) is -2.92. The van der Waals surface area contributed by atoms with Crippen molar-refractivity contribution in [3.8, 4) is 0 Å². The van der Waals surface area contributed by atoms with Gasteiger partial charge in [-0.1, -0.05) is 6.08 Å². The molecule has 118 valence electrons. The minimum atomic E-state index is -4.25. The van der Waals surface area contributed by atoms with Crippen molar-refractivity contribution in [2.24, 2.45) is 7.05 Å². The predicted octanol–water partition coefficient (Wildman–Crippen LogP) is 0.166. The van der Waals surface area contributed by atoms with E-state index in [0.717, 1.165) is 10.8 Å². The summed E-state index contributed by atoms with van der Waals surface area (Å²) in [6.45, 7) is 4.41. The molecule has 1 rings (SSSR count). The van der Waals surface area contributed by atoms with Gasteiger partial charge in [0.05, 0.1) is 19.3 Å². The normalized spacial score (nSPS) is 13.0. The summed E-state index contributed by atoms with van der Waals surface area (Å²) in [5.74, 6) is -2.16. The fourth-order valence-corrected chi connectivity index (χ4v) is 2.94. The molecule has 0 unspecified atom stereocenters. The Morgan fingerprint density at radius 3 is 2.76 bits per heavy atom. The van der Waals surface area contributed by atoms with Gasteiger partial charge in [-0.15, -0.1) is 6.58 Å². The molecule has 0 amide bonds. The molecule has 0 radical (unpaired) electrons. The molecule has 21 heavy (non-hydrogen) atoms. The average Bonchev–Trinajstić information content (AvgIpc) is 2.72. The zero-order valence-electron chi connectivity index (χ0n) is 11.7. The number of nitrogens with one attached hydrogen (secondary N) is 1. The third-order valence-corrected chi connectivity index (χ3v) is 4.11. The maximum Gasteiger partial charge on any atom is 0.358 e. The molecule has 0 aromatic carbocycles. The van der Waals surface area contributed by atoms with Crippen LogP contribution >= 0.6 is 0 Å². The molecular weight excluding hydrogens is 303 g/mol. The van der Waals surface area contributed by atoms with Crippen LogP contribution in [0.5, 0.6) is 0 Å². The number of halogens is 1. The quantitative estimate of drug-likeness (QED) is 0.551. The van der Waals surface area contributed by atoms with Gasteiger partial charge in [-0.05, 0) is 6.92 Å². The standard InChI is InChI=1S/C12H17FN2O5S/c1-4-8(7-16)14-21(18,19)9-6-15(3)11(10(9)13)12(17)20-5-2/h4,6,8,14,16H,1,5,7H2,2-3H3/t8-/m0/s1. The summed E-state index contributed by atoms with van der Waals surface area (Å²) >= 11 is 0. The van der Waals surface area contributed by atoms with Crippen LogP contribution in [0.1, 0.15) is 17.4 Å². The summed E-state index contributed by atoms with van der Waals surface area (Å²) in [5, 5.41) is 8.95. The second-order valence-corrected chi connectivity index (χ2v) is 5.82. The van der Waals surface area contributed by atoms with Gasteiger partial charge < -0.3 is 14.4 Å². The third kappa shape index (κ3) is 3.69. The molecule has 0 aliphatic carbocycles. The number of hydrogen-bond donors (Lipinski definition) is 2. The van der Waals surface area contributed by atoms with E-state index in [-0.39, 0.29) is 6.61 Å². The summed E-state index contributed by atoms with van der Waals surface area (Å²) < 4.78 is 46.1. The summed E-state index contributed by atoms with van der Waals surface area (Å²) in [4.78, 5) is 10.9. The summed E-state index contributed by atoms with van der Waals surface area (Å²) in [6, 6.07) is -0.958. The highest BCUT2D eigenvalue weighted by molar-refractivity contribution is 7.89. The molecule has 1 aromatic heterocycles. The minimum absolute atomic E-state index is 0.0346. The molecule has 1 aromatic rings. The van der Waals surface area contributed by atoms with Crippen molar-refractivity contribution >= 4 is 16.0 Å². The Morgan fingerprint density at radius 1 is 1.67 bits per heavy atom. The van der Waals surface area contributed by atoms with Crippen molar-refractivity contribution in [3.05, 3.63) is 30.4 Å². The van der Waals surface area contributed by atoms with E-state index in [9.17, 15) is 17.6 Å². The second-order valence-electron chi connectivity index (χ2n) is 4.13. The molecule has 7 nitrogen and oxygen atoms in total. The average molecular weight is 320 g/mol. The zero-order valence-corrected chi connectivity index (χ0v) is 12.5. The molecule has 0 bridgehead atoms. The van der Waals surface area contributed by atoms with Gasteiger partial charge in [-0.3, -0.25) is 0 Å². The third-order valence-electron chi connectivity index (χ3n) is 2.63. The lowest BCUT2D eigenvalue weighted by Gasteiger charge is -2.11. The van der Waals surface area contributed by atoms with Crippen LogP contribution in [0.3, 0.4) is 0 Å². The van der Waals surface area contributed by atoms with Gasteiger partial charge in [-0.2, -0.15) is 0 Å². The fourth-order valence-electron chi connectivity index (χ4n) is 1.61. The lowest BCUT2D eigenvalue weighted by molar-refractivity contribution is 0.0509. The SMILES string of the molecule is C=C[C@@H](CO)NS(=O)(=O)c1cn(C)c(C(=O)OCC)c1F. The lowest BCUT2D eigenvalue weighted by atomic mass is 10.3. The largest absolute Gasteiger partial charge is 0.461 e. The number of aryl methyl sites for hydroxylation is 1. The number of hydrogen-bond acceptors (Lipinski definition) is 5. The molecule has 0 saturated heterocycles. The smallest absolute Gasteiger partial charge is 0.358 e. The first kappa shape index (κ1) is 17.3. The molecule has 1 heterocycles. The van der Waals surface area contributed by atoms with Crippen molar-refractivity contribution in [1.82, 2.24) is 9.29 Å². The lowest BCUT2D eigenvalue weighted by Crippen LogP contribution is -2.36. The maximum absolute atomic E-state index is 14.2. The van der Waals surface area contributed by atoms with Gasteiger partial charge in [0.25, 0.3) is 0 Å². The van der Waals surface area contributed by atoms with Gasteiger partial charge in [0, 0.05) is 13.2 Å². The highest BCUT2D eigenvalue weighted by Crippen LogP contribution is 2.21. The number of esters is 1. The summed E-state index contributed by atoms with van der Waals surface area (Å²) in [5.41, 5.74) is -0.489. The van der Waals surface area contributed by atoms with Crippen LogP contribution in [0, 0.1) is 5.82 Å². The Kier molecular flexibility index (Phi) is 5.64. The van der Waals surface area contributed by atoms with Crippen LogP contribution in [-0.4, -0.2) is 43.3 Å². The van der Waals surface area contributed by atoms with E-state index < -0.39 is 45.0 Å². The van der Waals surface area contributed by atoms with Crippen molar-refractivity contribution in [2.45, 2.75) is 17.9 Å².